The smallest absolute Gasteiger partial charge is 0.133 e. The summed E-state index contributed by atoms with van der Waals surface area (Å²) in [5.74, 6) is 2.06. The Labute approximate surface area is 133 Å². The van der Waals surface area contributed by atoms with E-state index in [4.69, 9.17) is 4.74 Å². The summed E-state index contributed by atoms with van der Waals surface area (Å²) in [6.45, 7) is 3.91. The normalized spacial score (nSPS) is 20.1. The second-order valence-electron chi connectivity index (χ2n) is 5.19. The topological polar surface area (TPSA) is 41.5 Å². The van der Waals surface area contributed by atoms with Gasteiger partial charge in [-0.2, -0.15) is 11.8 Å². The Morgan fingerprint density at radius 1 is 1.55 bits per heavy atom. The van der Waals surface area contributed by atoms with Crippen LogP contribution in [0, 0.1) is 6.92 Å². The first-order valence-corrected chi connectivity index (χ1v) is 8.88. The highest BCUT2D eigenvalue weighted by Gasteiger charge is 2.15. The van der Waals surface area contributed by atoms with Crippen molar-refractivity contribution in [3.8, 4) is 5.75 Å². The molecule has 0 aromatic heterocycles. The second-order valence-corrected chi connectivity index (χ2v) is 7.45. The highest BCUT2D eigenvalue weighted by atomic mass is 79.9. The predicted molar refractivity (Wildman–Crippen MR) is 88.7 cm³/mol. The van der Waals surface area contributed by atoms with Crippen LogP contribution < -0.4 is 10.1 Å². The number of ether oxygens (including phenoxy) is 1. The molecule has 1 saturated heterocycles. The SMILES string of the molecule is Cc1ccc(OCC(O)CNCC2CCCS2)c(Br)c1. The van der Waals surface area contributed by atoms with Gasteiger partial charge in [-0.1, -0.05) is 6.07 Å². The number of aryl methyl sites for hydroxylation is 1. The minimum atomic E-state index is -0.477. The van der Waals surface area contributed by atoms with E-state index < -0.39 is 6.10 Å². The Morgan fingerprint density at radius 3 is 3.10 bits per heavy atom. The zero-order valence-corrected chi connectivity index (χ0v) is 14.2. The van der Waals surface area contributed by atoms with E-state index in [1.54, 1.807) is 0 Å². The molecule has 2 rings (SSSR count). The van der Waals surface area contributed by atoms with Crippen molar-refractivity contribution in [1.29, 1.82) is 0 Å². The van der Waals surface area contributed by atoms with Gasteiger partial charge in [-0.15, -0.1) is 0 Å². The third kappa shape index (κ3) is 5.28. The molecule has 0 saturated carbocycles. The third-order valence-corrected chi connectivity index (χ3v) is 5.31. The molecule has 1 aromatic rings. The summed E-state index contributed by atoms with van der Waals surface area (Å²) in [6.07, 6.45) is 2.14. The van der Waals surface area contributed by atoms with Crippen molar-refractivity contribution in [2.45, 2.75) is 31.1 Å². The van der Waals surface area contributed by atoms with Gasteiger partial charge in [0.2, 0.25) is 0 Å². The zero-order valence-electron chi connectivity index (χ0n) is 11.8. The first-order chi connectivity index (χ1) is 9.65. The minimum Gasteiger partial charge on any atom is -0.490 e. The van der Waals surface area contributed by atoms with Crippen LogP contribution in [0.15, 0.2) is 22.7 Å². The molecular weight excluding hydrogens is 338 g/mol. The lowest BCUT2D eigenvalue weighted by molar-refractivity contribution is 0.106. The van der Waals surface area contributed by atoms with Gasteiger partial charge in [0, 0.05) is 18.3 Å². The summed E-state index contributed by atoms with van der Waals surface area (Å²) >= 11 is 5.50. The molecule has 1 fully saturated rings. The first kappa shape index (κ1) is 16.1. The number of benzene rings is 1. The molecule has 1 aliphatic rings. The number of aliphatic hydroxyl groups is 1. The summed E-state index contributed by atoms with van der Waals surface area (Å²) in [6, 6.07) is 5.94. The Hall–Kier alpha value is -0.230. The number of rotatable bonds is 7. The van der Waals surface area contributed by atoms with Gasteiger partial charge in [0.25, 0.3) is 0 Å². The summed E-state index contributed by atoms with van der Waals surface area (Å²) in [5, 5.41) is 14.0. The number of hydrogen-bond donors (Lipinski definition) is 2. The first-order valence-electron chi connectivity index (χ1n) is 7.04. The Bertz CT molecular complexity index is 424. The van der Waals surface area contributed by atoms with Gasteiger partial charge in [0.1, 0.15) is 18.5 Å². The maximum Gasteiger partial charge on any atom is 0.133 e. The molecular formula is C15H22BrNO2S. The molecule has 112 valence electrons. The van der Waals surface area contributed by atoms with Crippen LogP contribution in [0.3, 0.4) is 0 Å². The van der Waals surface area contributed by atoms with E-state index in [1.807, 2.05) is 36.9 Å². The van der Waals surface area contributed by atoms with Crippen molar-refractivity contribution >= 4 is 27.7 Å². The zero-order chi connectivity index (χ0) is 14.4. The number of thioether (sulfide) groups is 1. The summed E-state index contributed by atoms with van der Waals surface area (Å²) in [7, 11) is 0. The van der Waals surface area contributed by atoms with Crippen molar-refractivity contribution in [2.75, 3.05) is 25.4 Å². The highest BCUT2D eigenvalue weighted by Crippen LogP contribution is 2.26. The van der Waals surface area contributed by atoms with Crippen molar-refractivity contribution in [2.24, 2.45) is 0 Å². The Balaban J connectivity index is 1.65. The molecule has 20 heavy (non-hydrogen) atoms. The van der Waals surface area contributed by atoms with Crippen LogP contribution in [0.4, 0.5) is 0 Å². The molecule has 1 aliphatic heterocycles. The maximum absolute atomic E-state index is 9.92. The van der Waals surface area contributed by atoms with Crippen LogP contribution in [0.5, 0.6) is 5.75 Å². The molecule has 5 heteroatoms. The predicted octanol–water partition coefficient (Wildman–Crippen LogP) is 2.98. The van der Waals surface area contributed by atoms with Crippen LogP contribution in [-0.2, 0) is 0 Å². The van der Waals surface area contributed by atoms with Gasteiger partial charge < -0.3 is 15.2 Å². The van der Waals surface area contributed by atoms with Crippen LogP contribution in [0.2, 0.25) is 0 Å². The quantitative estimate of drug-likeness (QED) is 0.785. The van der Waals surface area contributed by atoms with Crippen molar-refractivity contribution < 1.29 is 9.84 Å². The van der Waals surface area contributed by atoms with Gasteiger partial charge in [0.05, 0.1) is 4.47 Å². The van der Waals surface area contributed by atoms with Crippen molar-refractivity contribution in [3.63, 3.8) is 0 Å². The van der Waals surface area contributed by atoms with E-state index in [0.717, 1.165) is 22.0 Å². The van der Waals surface area contributed by atoms with Gasteiger partial charge in [-0.25, -0.2) is 0 Å². The van der Waals surface area contributed by atoms with Gasteiger partial charge in [-0.3, -0.25) is 0 Å². The minimum absolute atomic E-state index is 0.312. The summed E-state index contributed by atoms with van der Waals surface area (Å²) in [4.78, 5) is 0. The largest absolute Gasteiger partial charge is 0.490 e. The van der Waals surface area contributed by atoms with E-state index in [2.05, 4.69) is 21.2 Å². The molecule has 2 atom stereocenters. The van der Waals surface area contributed by atoms with E-state index in [-0.39, 0.29) is 0 Å². The monoisotopic (exact) mass is 359 g/mol. The van der Waals surface area contributed by atoms with E-state index in [9.17, 15) is 5.11 Å². The van der Waals surface area contributed by atoms with Gasteiger partial charge >= 0.3 is 0 Å². The average molecular weight is 360 g/mol. The van der Waals surface area contributed by atoms with Crippen molar-refractivity contribution in [3.05, 3.63) is 28.2 Å². The van der Waals surface area contributed by atoms with Crippen LogP contribution in [-0.4, -0.2) is 41.9 Å². The molecule has 3 nitrogen and oxygen atoms in total. The standard InChI is InChI=1S/C15H22BrNO2S/c1-11-4-5-15(14(16)7-11)19-10-12(18)8-17-9-13-3-2-6-20-13/h4-5,7,12-13,17-18H,2-3,6,8-10H2,1H3. The third-order valence-electron chi connectivity index (χ3n) is 3.29. The molecule has 1 aromatic carbocycles. The lowest BCUT2D eigenvalue weighted by Gasteiger charge is -2.16. The molecule has 0 aliphatic carbocycles. The molecule has 0 radical (unpaired) electrons. The number of halogens is 1. The number of hydrogen-bond acceptors (Lipinski definition) is 4. The molecule has 1 heterocycles. The van der Waals surface area contributed by atoms with E-state index in [0.29, 0.717) is 13.2 Å². The fourth-order valence-corrected chi connectivity index (χ4v) is 4.03. The Morgan fingerprint density at radius 2 is 2.40 bits per heavy atom. The highest BCUT2D eigenvalue weighted by molar-refractivity contribution is 9.10. The van der Waals surface area contributed by atoms with Crippen LogP contribution in [0.25, 0.3) is 0 Å². The number of nitrogens with one attached hydrogen (secondary N) is 1. The van der Waals surface area contributed by atoms with Crippen LogP contribution in [0.1, 0.15) is 18.4 Å². The van der Waals surface area contributed by atoms with Crippen molar-refractivity contribution in [1.82, 2.24) is 5.32 Å². The van der Waals surface area contributed by atoms with Gasteiger partial charge in [-0.05, 0) is 59.1 Å². The molecule has 2 unspecified atom stereocenters. The fourth-order valence-electron chi connectivity index (χ4n) is 2.18. The summed E-state index contributed by atoms with van der Waals surface area (Å²) in [5.41, 5.74) is 1.18. The second kappa shape index (κ2) is 8.27. The Kier molecular flexibility index (Phi) is 6.68. The lowest BCUT2D eigenvalue weighted by atomic mass is 10.2. The van der Waals surface area contributed by atoms with Gasteiger partial charge in [0.15, 0.2) is 0 Å². The maximum atomic E-state index is 9.92. The fraction of sp³-hybridized carbons (Fsp3) is 0.600. The average Bonchev–Trinajstić information content (AvgIpc) is 2.91. The van der Waals surface area contributed by atoms with E-state index >= 15 is 0 Å². The summed E-state index contributed by atoms with van der Waals surface area (Å²) < 4.78 is 6.56. The molecule has 0 spiro atoms. The number of aliphatic hydroxyl groups excluding tert-OH is 1. The molecule has 2 N–H and O–H groups in total. The molecule has 0 bridgehead atoms. The van der Waals surface area contributed by atoms with Crippen LogP contribution >= 0.6 is 27.7 Å². The van der Waals surface area contributed by atoms with E-state index in [1.165, 1.54) is 24.2 Å². The molecule has 0 amide bonds. The lowest BCUT2D eigenvalue weighted by Crippen LogP contribution is -2.34.